The van der Waals surface area contributed by atoms with Crippen molar-refractivity contribution in [2.24, 2.45) is 0 Å². The minimum Gasteiger partial charge on any atom is -0.455 e. The lowest BCUT2D eigenvalue weighted by Crippen LogP contribution is -1.93. The third-order valence-corrected chi connectivity index (χ3v) is 2.59. The van der Waals surface area contributed by atoms with E-state index >= 15 is 0 Å². The van der Waals surface area contributed by atoms with Gasteiger partial charge in [-0.1, -0.05) is 29.3 Å². The van der Waals surface area contributed by atoms with Gasteiger partial charge in [0, 0.05) is 6.07 Å². The quantitative estimate of drug-likeness (QED) is 0.814. The summed E-state index contributed by atoms with van der Waals surface area (Å²) in [6.45, 7) is 1.97. The molecule has 0 radical (unpaired) electrons. The number of benzene rings is 2. The Morgan fingerprint density at radius 3 is 2.47 bits per heavy atom. The molecule has 0 saturated heterocycles. The van der Waals surface area contributed by atoms with Crippen molar-refractivity contribution in [2.45, 2.75) is 6.92 Å². The number of nitrogen functional groups attached to an aromatic ring is 1. The van der Waals surface area contributed by atoms with E-state index < -0.39 is 5.82 Å². The van der Waals surface area contributed by atoms with Crippen molar-refractivity contribution in [3.05, 3.63) is 52.8 Å². The van der Waals surface area contributed by atoms with Crippen LogP contribution in [0, 0.1) is 12.7 Å². The fourth-order valence-electron chi connectivity index (χ4n) is 1.37. The summed E-state index contributed by atoms with van der Waals surface area (Å²) in [5, 5.41) is -0.0150. The Bertz CT molecular complexity index is 540. The zero-order valence-corrected chi connectivity index (χ0v) is 9.96. The van der Waals surface area contributed by atoms with Crippen LogP contribution >= 0.6 is 11.6 Å². The van der Waals surface area contributed by atoms with E-state index in [2.05, 4.69) is 0 Å². The van der Waals surface area contributed by atoms with Gasteiger partial charge in [0.2, 0.25) is 0 Å². The lowest BCUT2D eigenvalue weighted by Gasteiger charge is -2.09. The monoisotopic (exact) mass is 251 g/mol. The molecule has 0 aliphatic heterocycles. The summed E-state index contributed by atoms with van der Waals surface area (Å²) in [5.41, 5.74) is 7.11. The molecule has 4 heteroatoms. The Morgan fingerprint density at radius 2 is 1.82 bits per heavy atom. The number of rotatable bonds is 2. The summed E-state index contributed by atoms with van der Waals surface area (Å²) in [5.74, 6) is 0.308. The molecular weight excluding hydrogens is 241 g/mol. The molecule has 0 atom stereocenters. The summed E-state index contributed by atoms with van der Waals surface area (Å²) in [4.78, 5) is 0. The molecule has 0 unspecified atom stereocenters. The van der Waals surface area contributed by atoms with E-state index in [1.807, 2.05) is 19.1 Å². The topological polar surface area (TPSA) is 35.2 Å². The Hall–Kier alpha value is -1.74. The van der Waals surface area contributed by atoms with Crippen LogP contribution in [0.2, 0.25) is 5.02 Å². The van der Waals surface area contributed by atoms with Crippen LogP contribution in [-0.4, -0.2) is 0 Å². The predicted octanol–water partition coefficient (Wildman–Crippen LogP) is 4.16. The first kappa shape index (κ1) is 11.7. The average molecular weight is 252 g/mol. The summed E-state index contributed by atoms with van der Waals surface area (Å²) in [6, 6.07) is 9.90. The van der Waals surface area contributed by atoms with Crippen molar-refractivity contribution < 1.29 is 9.13 Å². The van der Waals surface area contributed by atoms with Crippen molar-refractivity contribution in [1.29, 1.82) is 0 Å². The lowest BCUT2D eigenvalue weighted by molar-refractivity contribution is 0.479. The number of hydrogen-bond donors (Lipinski definition) is 1. The Kier molecular flexibility index (Phi) is 3.20. The molecule has 17 heavy (non-hydrogen) atoms. The van der Waals surface area contributed by atoms with Crippen LogP contribution in [0.15, 0.2) is 36.4 Å². The smallest absolute Gasteiger partial charge is 0.153 e. The maximum absolute atomic E-state index is 13.3. The standard InChI is InChI=1S/C13H11ClFNO/c1-8-2-4-9(5-3-8)17-13-7-11(15)10(14)6-12(13)16/h2-7H,16H2,1H3. The molecule has 2 aromatic rings. The third kappa shape index (κ3) is 2.68. The van der Waals surface area contributed by atoms with E-state index in [9.17, 15) is 4.39 Å². The van der Waals surface area contributed by atoms with Gasteiger partial charge in [0.05, 0.1) is 10.7 Å². The van der Waals surface area contributed by atoms with E-state index in [-0.39, 0.29) is 10.8 Å². The number of anilines is 1. The van der Waals surface area contributed by atoms with E-state index in [4.69, 9.17) is 22.1 Å². The van der Waals surface area contributed by atoms with E-state index in [0.717, 1.165) is 5.56 Å². The number of halogens is 2. The second-order valence-electron chi connectivity index (χ2n) is 3.72. The maximum atomic E-state index is 13.3. The van der Waals surface area contributed by atoms with E-state index in [1.165, 1.54) is 12.1 Å². The molecule has 2 nitrogen and oxygen atoms in total. The first-order chi connectivity index (χ1) is 8.06. The lowest BCUT2D eigenvalue weighted by atomic mass is 10.2. The van der Waals surface area contributed by atoms with E-state index in [1.54, 1.807) is 12.1 Å². The first-order valence-corrected chi connectivity index (χ1v) is 5.43. The molecule has 2 aromatic carbocycles. The van der Waals surface area contributed by atoms with Gasteiger partial charge in [0.25, 0.3) is 0 Å². The molecule has 0 heterocycles. The Balaban J connectivity index is 2.30. The van der Waals surface area contributed by atoms with Gasteiger partial charge in [-0.2, -0.15) is 0 Å². The SMILES string of the molecule is Cc1ccc(Oc2cc(F)c(Cl)cc2N)cc1. The first-order valence-electron chi connectivity index (χ1n) is 5.05. The number of hydrogen-bond acceptors (Lipinski definition) is 2. The normalized spacial score (nSPS) is 10.3. The summed E-state index contributed by atoms with van der Waals surface area (Å²) in [6.07, 6.45) is 0. The van der Waals surface area contributed by atoms with Crippen molar-refractivity contribution in [1.82, 2.24) is 0 Å². The molecule has 88 valence electrons. The largest absolute Gasteiger partial charge is 0.455 e. The molecular formula is C13H11ClFNO. The van der Waals surface area contributed by atoms with Crippen LogP contribution in [0.4, 0.5) is 10.1 Å². The molecule has 2 N–H and O–H groups in total. The van der Waals surface area contributed by atoms with Gasteiger partial charge in [-0.15, -0.1) is 0 Å². The average Bonchev–Trinajstić information content (AvgIpc) is 2.29. The highest BCUT2D eigenvalue weighted by atomic mass is 35.5. The molecule has 0 spiro atoms. The van der Waals surface area contributed by atoms with Crippen LogP contribution < -0.4 is 10.5 Å². The second kappa shape index (κ2) is 4.63. The molecule has 0 bridgehead atoms. The molecule has 0 fully saturated rings. The summed E-state index contributed by atoms with van der Waals surface area (Å²) >= 11 is 5.60. The van der Waals surface area contributed by atoms with Crippen LogP contribution in [0.25, 0.3) is 0 Å². The van der Waals surface area contributed by atoms with Gasteiger partial charge in [-0.25, -0.2) is 4.39 Å². The maximum Gasteiger partial charge on any atom is 0.153 e. The van der Waals surface area contributed by atoms with Gasteiger partial charge < -0.3 is 10.5 Å². The van der Waals surface area contributed by atoms with Crippen LogP contribution in [0.5, 0.6) is 11.5 Å². The molecule has 2 rings (SSSR count). The van der Waals surface area contributed by atoms with Gasteiger partial charge in [-0.3, -0.25) is 0 Å². The fourth-order valence-corrected chi connectivity index (χ4v) is 1.54. The second-order valence-corrected chi connectivity index (χ2v) is 4.13. The zero-order chi connectivity index (χ0) is 12.4. The highest BCUT2D eigenvalue weighted by molar-refractivity contribution is 6.31. The minimum atomic E-state index is -0.553. The van der Waals surface area contributed by atoms with Crippen LogP contribution in [-0.2, 0) is 0 Å². The van der Waals surface area contributed by atoms with Gasteiger partial charge in [-0.05, 0) is 25.1 Å². The van der Waals surface area contributed by atoms with Gasteiger partial charge >= 0.3 is 0 Å². The highest BCUT2D eigenvalue weighted by Crippen LogP contribution is 2.31. The molecule has 0 aromatic heterocycles. The van der Waals surface area contributed by atoms with Crippen molar-refractivity contribution in [3.63, 3.8) is 0 Å². The van der Waals surface area contributed by atoms with Crippen LogP contribution in [0.1, 0.15) is 5.56 Å². The predicted molar refractivity (Wildman–Crippen MR) is 67.1 cm³/mol. The van der Waals surface area contributed by atoms with Gasteiger partial charge in [0.15, 0.2) is 5.75 Å². The number of aryl methyl sites for hydroxylation is 1. The summed E-state index contributed by atoms with van der Waals surface area (Å²) < 4.78 is 18.7. The Morgan fingerprint density at radius 1 is 1.18 bits per heavy atom. The number of ether oxygens (including phenoxy) is 1. The zero-order valence-electron chi connectivity index (χ0n) is 9.21. The highest BCUT2D eigenvalue weighted by Gasteiger charge is 2.08. The molecule has 0 aliphatic rings. The van der Waals surface area contributed by atoms with Crippen molar-refractivity contribution in [3.8, 4) is 11.5 Å². The third-order valence-electron chi connectivity index (χ3n) is 2.30. The molecule has 0 aliphatic carbocycles. The minimum absolute atomic E-state index is 0.0150. The number of nitrogens with two attached hydrogens (primary N) is 1. The molecule has 0 amide bonds. The molecule has 0 saturated carbocycles. The van der Waals surface area contributed by atoms with Crippen molar-refractivity contribution in [2.75, 3.05) is 5.73 Å². The van der Waals surface area contributed by atoms with E-state index in [0.29, 0.717) is 11.4 Å². The summed E-state index contributed by atoms with van der Waals surface area (Å²) in [7, 11) is 0. The Labute approximate surface area is 104 Å². The van der Waals surface area contributed by atoms with Crippen LogP contribution in [0.3, 0.4) is 0 Å². The fraction of sp³-hybridized carbons (Fsp3) is 0.0769. The van der Waals surface area contributed by atoms with Gasteiger partial charge in [0.1, 0.15) is 11.6 Å². The van der Waals surface area contributed by atoms with Crippen molar-refractivity contribution >= 4 is 17.3 Å².